The van der Waals surface area contributed by atoms with Crippen molar-refractivity contribution in [3.63, 3.8) is 0 Å². The van der Waals surface area contributed by atoms with E-state index in [9.17, 15) is 9.59 Å². The molecule has 1 aromatic carbocycles. The average Bonchev–Trinajstić information content (AvgIpc) is 3.42. The van der Waals surface area contributed by atoms with Gasteiger partial charge in [0, 0.05) is 43.5 Å². The Kier molecular flexibility index (Phi) is 5.58. The van der Waals surface area contributed by atoms with E-state index in [4.69, 9.17) is 0 Å². The molecule has 1 aliphatic heterocycles. The number of fused-ring (bicyclic) bond motifs is 6. The first-order chi connectivity index (χ1) is 17.2. The minimum absolute atomic E-state index is 0.0646. The highest BCUT2D eigenvalue weighted by molar-refractivity contribution is 5.81. The first kappa shape index (κ1) is 23.7. The van der Waals surface area contributed by atoms with Crippen molar-refractivity contribution in [1.82, 2.24) is 20.2 Å². The molecule has 2 saturated carbocycles. The summed E-state index contributed by atoms with van der Waals surface area (Å²) in [5.74, 6) is 3.32. The van der Waals surface area contributed by atoms with Crippen molar-refractivity contribution < 1.29 is 9.59 Å². The normalized spacial score (nSPS) is 36.0. The summed E-state index contributed by atoms with van der Waals surface area (Å²) in [4.78, 5) is 36.0. The number of nitrogens with zero attached hydrogens (tertiary/aromatic N) is 2. The molecule has 3 fully saturated rings. The second kappa shape index (κ2) is 8.46. The number of para-hydroxylation sites is 2. The van der Waals surface area contributed by atoms with E-state index in [1.807, 2.05) is 36.2 Å². The molecule has 1 aromatic heterocycles. The lowest BCUT2D eigenvalue weighted by Crippen LogP contribution is -2.55. The molecule has 0 spiro atoms. The lowest BCUT2D eigenvalue weighted by molar-refractivity contribution is -0.138. The van der Waals surface area contributed by atoms with Crippen molar-refractivity contribution in [3.05, 3.63) is 41.4 Å². The first-order valence-corrected chi connectivity index (χ1v) is 13.9. The van der Waals surface area contributed by atoms with Gasteiger partial charge in [-0.2, -0.15) is 0 Å². The van der Waals surface area contributed by atoms with E-state index in [0.717, 1.165) is 61.8 Å². The summed E-state index contributed by atoms with van der Waals surface area (Å²) >= 11 is 0. The highest BCUT2D eigenvalue weighted by atomic mass is 16.2. The molecule has 2 aromatic rings. The van der Waals surface area contributed by atoms with Crippen molar-refractivity contribution >= 4 is 22.8 Å². The lowest BCUT2D eigenvalue weighted by Gasteiger charge is -2.59. The maximum absolute atomic E-state index is 13.5. The number of hydrogen-bond donors (Lipinski definition) is 2. The maximum Gasteiger partial charge on any atom is 0.226 e. The predicted octanol–water partition coefficient (Wildman–Crippen LogP) is 5.22. The van der Waals surface area contributed by atoms with Crippen molar-refractivity contribution in [2.75, 3.05) is 13.6 Å². The van der Waals surface area contributed by atoms with Crippen LogP contribution in [0.3, 0.4) is 0 Å². The molecule has 1 saturated heterocycles. The lowest BCUT2D eigenvalue weighted by atomic mass is 9.48. The van der Waals surface area contributed by atoms with Crippen LogP contribution in [0.4, 0.5) is 0 Å². The number of imidazole rings is 1. The van der Waals surface area contributed by atoms with E-state index in [1.165, 1.54) is 11.3 Å². The van der Waals surface area contributed by atoms with Crippen molar-refractivity contribution in [3.8, 4) is 0 Å². The largest absolute Gasteiger partial charge is 0.355 e. The molecule has 0 radical (unpaired) electrons. The quantitative estimate of drug-likeness (QED) is 0.620. The van der Waals surface area contributed by atoms with Gasteiger partial charge in [0.2, 0.25) is 11.8 Å². The Labute approximate surface area is 214 Å². The molecule has 2 amide bonds. The fraction of sp³-hybridized carbons (Fsp3) is 0.633. The SMILES string of the molecule is CC1=C2N(C)C(=O)CC[C@]2(C)[C@@H]2CC[C@]3(C)C(C(=O)NCCc4nc5ccccc5[nH]4)CC[C@H]3[C@@H]2C1. The van der Waals surface area contributed by atoms with Gasteiger partial charge in [-0.15, -0.1) is 0 Å². The molecule has 4 aliphatic rings. The van der Waals surface area contributed by atoms with Gasteiger partial charge in [0.15, 0.2) is 0 Å². The van der Waals surface area contributed by atoms with Crippen LogP contribution in [0.2, 0.25) is 0 Å². The highest BCUT2D eigenvalue weighted by Gasteiger charge is 2.61. The summed E-state index contributed by atoms with van der Waals surface area (Å²) in [7, 11) is 1.98. The molecule has 1 unspecified atom stereocenters. The standard InChI is InChI=1S/C30H40N4O2/c1-18-17-19-20-9-10-22(28(36)31-16-13-25-32-23-7-5-6-8-24(23)33-25)29(20,2)14-11-21(19)30(3)15-12-26(35)34(4)27(18)30/h5-8,19-22H,9-17H2,1-4H3,(H,31,36)(H,32,33)/t19-,20-,21+,22?,29-,30+/m0/s1. The molecule has 0 bridgehead atoms. The Morgan fingerprint density at radius 3 is 2.78 bits per heavy atom. The number of benzene rings is 1. The number of carbonyl (C=O) groups is 2. The number of piperidine rings is 1. The number of aromatic amines is 1. The minimum Gasteiger partial charge on any atom is -0.355 e. The molecule has 3 aliphatic carbocycles. The van der Waals surface area contributed by atoms with Crippen LogP contribution in [0.15, 0.2) is 35.5 Å². The van der Waals surface area contributed by atoms with E-state index in [1.54, 1.807) is 0 Å². The number of allylic oxidation sites excluding steroid dienone is 2. The monoisotopic (exact) mass is 488 g/mol. The molecule has 6 atom stereocenters. The van der Waals surface area contributed by atoms with E-state index >= 15 is 0 Å². The van der Waals surface area contributed by atoms with Gasteiger partial charge in [-0.3, -0.25) is 9.59 Å². The van der Waals surface area contributed by atoms with Crippen molar-refractivity contribution in [1.29, 1.82) is 0 Å². The van der Waals surface area contributed by atoms with Gasteiger partial charge in [-0.1, -0.05) is 31.6 Å². The number of carbonyl (C=O) groups excluding carboxylic acids is 2. The maximum atomic E-state index is 13.5. The van der Waals surface area contributed by atoms with Gasteiger partial charge in [-0.05, 0) is 80.8 Å². The van der Waals surface area contributed by atoms with E-state index in [0.29, 0.717) is 30.7 Å². The van der Waals surface area contributed by atoms with E-state index in [2.05, 4.69) is 36.1 Å². The zero-order chi connectivity index (χ0) is 25.2. The molecular formula is C30H40N4O2. The molecule has 6 rings (SSSR count). The summed E-state index contributed by atoms with van der Waals surface area (Å²) in [6.07, 6.45) is 7.84. The summed E-state index contributed by atoms with van der Waals surface area (Å²) in [5, 5.41) is 3.27. The second-order valence-corrected chi connectivity index (χ2v) is 12.5. The third-order valence-electron chi connectivity index (χ3n) is 10.7. The van der Waals surface area contributed by atoms with Crippen molar-refractivity contribution in [2.45, 2.75) is 72.1 Å². The van der Waals surface area contributed by atoms with Crippen LogP contribution in [0, 0.1) is 34.5 Å². The van der Waals surface area contributed by atoms with Gasteiger partial charge in [0.1, 0.15) is 5.82 Å². The number of hydrogen-bond acceptors (Lipinski definition) is 3. The minimum atomic E-state index is 0.0646. The Hall–Kier alpha value is -2.63. The zero-order valence-electron chi connectivity index (χ0n) is 22.2. The summed E-state index contributed by atoms with van der Waals surface area (Å²) in [6, 6.07) is 8.06. The summed E-state index contributed by atoms with van der Waals surface area (Å²) in [6.45, 7) is 7.69. The number of H-pyrrole nitrogens is 1. The average molecular weight is 489 g/mol. The first-order valence-electron chi connectivity index (χ1n) is 13.9. The smallest absolute Gasteiger partial charge is 0.226 e. The molecular weight excluding hydrogens is 448 g/mol. The number of amides is 2. The van der Waals surface area contributed by atoms with Crippen LogP contribution in [0.25, 0.3) is 11.0 Å². The summed E-state index contributed by atoms with van der Waals surface area (Å²) < 4.78 is 0. The van der Waals surface area contributed by atoms with Crippen LogP contribution in [-0.4, -0.2) is 40.3 Å². The van der Waals surface area contributed by atoms with Gasteiger partial charge in [-0.25, -0.2) is 4.98 Å². The Morgan fingerprint density at radius 2 is 1.97 bits per heavy atom. The van der Waals surface area contributed by atoms with Crippen LogP contribution < -0.4 is 5.32 Å². The number of nitrogens with one attached hydrogen (secondary N) is 2. The van der Waals surface area contributed by atoms with Crippen LogP contribution in [0.1, 0.15) is 71.5 Å². The molecule has 2 heterocycles. The number of rotatable bonds is 4. The van der Waals surface area contributed by atoms with Gasteiger partial charge in [0.25, 0.3) is 0 Å². The van der Waals surface area contributed by atoms with Crippen LogP contribution >= 0.6 is 0 Å². The Balaban J connectivity index is 1.16. The fourth-order valence-corrected chi connectivity index (χ4v) is 9.09. The molecule has 6 nitrogen and oxygen atoms in total. The molecule has 36 heavy (non-hydrogen) atoms. The highest BCUT2D eigenvalue weighted by Crippen LogP contribution is 2.66. The Bertz CT molecular complexity index is 1210. The zero-order valence-corrected chi connectivity index (χ0v) is 22.2. The van der Waals surface area contributed by atoms with Gasteiger partial charge in [0.05, 0.1) is 11.0 Å². The van der Waals surface area contributed by atoms with Gasteiger partial charge >= 0.3 is 0 Å². The molecule has 192 valence electrons. The Morgan fingerprint density at radius 1 is 1.17 bits per heavy atom. The van der Waals surface area contributed by atoms with Crippen LogP contribution in [0.5, 0.6) is 0 Å². The fourth-order valence-electron chi connectivity index (χ4n) is 9.09. The topological polar surface area (TPSA) is 78.1 Å². The number of likely N-dealkylation sites (tertiary alicyclic amines) is 1. The van der Waals surface area contributed by atoms with Crippen LogP contribution in [-0.2, 0) is 16.0 Å². The van der Waals surface area contributed by atoms with Gasteiger partial charge < -0.3 is 15.2 Å². The molecule has 6 heteroatoms. The number of aromatic nitrogens is 2. The van der Waals surface area contributed by atoms with E-state index in [-0.39, 0.29) is 28.6 Å². The molecule has 2 N–H and O–H groups in total. The summed E-state index contributed by atoms with van der Waals surface area (Å²) in [5.41, 5.74) is 4.88. The predicted molar refractivity (Wildman–Crippen MR) is 141 cm³/mol. The van der Waals surface area contributed by atoms with Crippen molar-refractivity contribution in [2.24, 2.45) is 34.5 Å². The second-order valence-electron chi connectivity index (χ2n) is 12.5. The van der Waals surface area contributed by atoms with E-state index < -0.39 is 0 Å². The third kappa shape index (κ3) is 3.47. The third-order valence-corrected chi connectivity index (χ3v) is 10.7.